The van der Waals surface area contributed by atoms with Crippen LogP contribution in [0.25, 0.3) is 0 Å². The Kier molecular flexibility index (Phi) is 5.55. The van der Waals surface area contributed by atoms with Gasteiger partial charge < -0.3 is 20.9 Å². The van der Waals surface area contributed by atoms with Gasteiger partial charge in [0, 0.05) is 30.9 Å². The van der Waals surface area contributed by atoms with E-state index in [9.17, 15) is 9.59 Å². The molecule has 1 atom stereocenters. The zero-order valence-corrected chi connectivity index (χ0v) is 15.6. The van der Waals surface area contributed by atoms with Gasteiger partial charge in [0.2, 0.25) is 17.4 Å². The molecule has 1 fully saturated rings. The largest absolute Gasteiger partial charge is 0.376 e. The number of carbonyl (C=O) groups excluding carboxylic acids is 2. The molecule has 0 aromatic carbocycles. The van der Waals surface area contributed by atoms with Gasteiger partial charge in [0.05, 0.1) is 18.2 Å². The van der Waals surface area contributed by atoms with E-state index in [4.69, 9.17) is 23.5 Å². The number of thiazole rings is 1. The number of amides is 2. The highest BCUT2D eigenvalue weighted by atomic mass is 32.1. The smallest absolute Gasteiger partial charge is 0.252 e. The van der Waals surface area contributed by atoms with Gasteiger partial charge in [0.1, 0.15) is 10.6 Å². The van der Waals surface area contributed by atoms with E-state index < -0.39 is 0 Å². The average Bonchev–Trinajstić information content (AvgIpc) is 3.25. The highest BCUT2D eigenvalue weighted by Gasteiger charge is 2.30. The molecule has 2 amide bonds. The van der Waals surface area contributed by atoms with Crippen molar-refractivity contribution < 1.29 is 9.59 Å². The number of aromatic nitrogens is 1. The number of anilines is 1. The summed E-state index contributed by atoms with van der Waals surface area (Å²) in [5.41, 5.74) is 13.1. The van der Waals surface area contributed by atoms with Crippen molar-refractivity contribution in [2.24, 2.45) is 16.8 Å². The Morgan fingerprint density at radius 2 is 2.27 bits per heavy atom. The average molecular weight is 395 g/mol. The fraction of sp³-hybridized carbons (Fsp3) is 0.571. The number of likely N-dealkylation sites (tertiary alicyclic amines) is 1. The van der Waals surface area contributed by atoms with Gasteiger partial charge in [-0.15, -0.1) is 0 Å². The van der Waals surface area contributed by atoms with Gasteiger partial charge in [0.25, 0.3) is 5.91 Å². The molecule has 2 aliphatic rings. The molecule has 1 aromatic rings. The molecule has 2 aliphatic heterocycles. The number of hydrogen-bond donors (Lipinski definition) is 3. The van der Waals surface area contributed by atoms with Gasteiger partial charge in [-0.05, 0) is 18.6 Å². The van der Waals surface area contributed by atoms with Crippen LogP contribution in [0.1, 0.15) is 17.0 Å². The van der Waals surface area contributed by atoms with Crippen molar-refractivity contribution in [2.45, 2.75) is 19.4 Å². The highest BCUT2D eigenvalue weighted by molar-refractivity contribution is 7.80. The fourth-order valence-electron chi connectivity index (χ4n) is 3.04. The van der Waals surface area contributed by atoms with Crippen molar-refractivity contribution in [3.05, 3.63) is 10.6 Å². The molecule has 12 heteroatoms. The number of rotatable bonds is 4. The molecule has 0 unspecified atom stereocenters. The highest BCUT2D eigenvalue weighted by Crippen LogP contribution is 2.29. The fourth-order valence-corrected chi connectivity index (χ4v) is 4.23. The van der Waals surface area contributed by atoms with E-state index in [0.29, 0.717) is 49.3 Å². The third-order valence-corrected chi connectivity index (χ3v) is 5.72. The topological polar surface area (TPSA) is 142 Å². The molecule has 1 aromatic heterocycles. The standard InChI is InChI=1S/C14H18N8O2S2/c15-13(25)22-3-1-8(6-22)12(24)19-14-18-9-2-4-21(7-10(9)26-14)11(23)5-17-20-16/h8,16H,1-7H2,(H2-,15,18,19,24,25)/p+1/t8-/m0/s1. The molecular weight excluding hydrogens is 376 g/mol. The predicted octanol–water partition coefficient (Wildman–Crippen LogP) is 0.0822. The van der Waals surface area contributed by atoms with E-state index in [-0.39, 0.29) is 24.3 Å². The third-order valence-electron chi connectivity index (χ3n) is 4.46. The minimum absolute atomic E-state index is 0.0846. The van der Waals surface area contributed by atoms with Gasteiger partial charge in [-0.1, -0.05) is 11.3 Å². The molecule has 0 radical (unpaired) electrons. The number of nitrogens with two attached hydrogens (primary N) is 1. The molecule has 4 N–H and O–H groups in total. The summed E-state index contributed by atoms with van der Waals surface area (Å²) in [6, 6.07) is 0. The van der Waals surface area contributed by atoms with E-state index in [0.717, 1.165) is 10.6 Å². The van der Waals surface area contributed by atoms with Gasteiger partial charge in [-0.2, -0.15) is 0 Å². The molecule has 3 rings (SSSR count). The van der Waals surface area contributed by atoms with Crippen LogP contribution in [0.2, 0.25) is 0 Å². The molecule has 0 aliphatic carbocycles. The summed E-state index contributed by atoms with van der Waals surface area (Å²) in [6.45, 7) is 2.08. The quantitative estimate of drug-likeness (QED) is 0.374. The predicted molar refractivity (Wildman–Crippen MR) is 98.5 cm³/mol. The summed E-state index contributed by atoms with van der Waals surface area (Å²) in [6.07, 6.45) is 1.34. The number of thiocarbonyl (C=S) groups is 1. The Labute approximate surface area is 159 Å². The van der Waals surface area contributed by atoms with Crippen LogP contribution in [0.15, 0.2) is 5.11 Å². The zero-order chi connectivity index (χ0) is 18.7. The van der Waals surface area contributed by atoms with Crippen LogP contribution in [-0.2, 0) is 22.6 Å². The first-order valence-electron chi connectivity index (χ1n) is 8.12. The number of fused-ring (bicyclic) bond motifs is 1. The van der Waals surface area contributed by atoms with Crippen LogP contribution in [0.4, 0.5) is 5.13 Å². The van der Waals surface area contributed by atoms with Crippen molar-refractivity contribution in [3.8, 4) is 0 Å². The van der Waals surface area contributed by atoms with Crippen LogP contribution in [0.5, 0.6) is 0 Å². The first-order valence-corrected chi connectivity index (χ1v) is 9.35. The minimum Gasteiger partial charge on any atom is -0.376 e. The summed E-state index contributed by atoms with van der Waals surface area (Å²) in [5, 5.41) is 7.16. The van der Waals surface area contributed by atoms with Gasteiger partial charge >= 0.3 is 0 Å². The summed E-state index contributed by atoms with van der Waals surface area (Å²) >= 11 is 6.33. The lowest BCUT2D eigenvalue weighted by atomic mass is 10.1. The second kappa shape index (κ2) is 7.85. The Bertz CT molecular complexity index is 788. The van der Waals surface area contributed by atoms with Crippen molar-refractivity contribution >= 4 is 45.6 Å². The molecule has 26 heavy (non-hydrogen) atoms. The van der Waals surface area contributed by atoms with Gasteiger partial charge in [-0.25, -0.2) is 4.98 Å². The van der Waals surface area contributed by atoms with Crippen LogP contribution >= 0.6 is 23.6 Å². The Morgan fingerprint density at radius 1 is 1.46 bits per heavy atom. The maximum absolute atomic E-state index is 12.4. The normalized spacial score (nSPS) is 18.8. The van der Waals surface area contributed by atoms with Gasteiger partial charge in [0.15, 0.2) is 10.2 Å². The maximum Gasteiger partial charge on any atom is 0.252 e. The van der Waals surface area contributed by atoms with Crippen LogP contribution in [-0.4, -0.2) is 57.9 Å². The summed E-state index contributed by atoms with van der Waals surface area (Å²) in [4.78, 5) is 36.2. The Hall–Kier alpha value is -2.43. The first-order chi connectivity index (χ1) is 12.5. The number of carbonyl (C=O) groups is 2. The minimum atomic E-state index is -0.172. The van der Waals surface area contributed by atoms with Crippen LogP contribution in [0.3, 0.4) is 0 Å². The monoisotopic (exact) mass is 395 g/mol. The number of nitrogens with zero attached hydrogens (tertiary/aromatic N) is 5. The summed E-state index contributed by atoms with van der Waals surface area (Å²) in [7, 11) is 0. The SMILES string of the molecule is N=[N+]=NCC(=O)N1CCc2nc(NC(=O)[C@H]3CCN(C(N)=S)C3)sc2C1. The molecule has 1 saturated heterocycles. The van der Waals surface area contributed by atoms with E-state index in [1.165, 1.54) is 11.3 Å². The van der Waals surface area contributed by atoms with Crippen LogP contribution in [0, 0.1) is 11.4 Å². The first kappa shape index (κ1) is 18.4. The van der Waals surface area contributed by atoms with Crippen molar-refractivity contribution in [1.82, 2.24) is 19.7 Å². The van der Waals surface area contributed by atoms with E-state index >= 15 is 0 Å². The Balaban J connectivity index is 1.60. The van der Waals surface area contributed by atoms with Crippen molar-refractivity contribution in [2.75, 3.05) is 31.5 Å². The number of nitrogens with one attached hydrogen (secondary N) is 2. The molecule has 0 bridgehead atoms. The lowest BCUT2D eigenvalue weighted by molar-refractivity contribution is -0.130. The molecule has 10 nitrogen and oxygen atoms in total. The molecule has 0 spiro atoms. The van der Waals surface area contributed by atoms with Crippen LogP contribution < -0.4 is 16.0 Å². The maximum atomic E-state index is 12.4. The molecule has 0 saturated carbocycles. The van der Waals surface area contributed by atoms with E-state index in [1.54, 1.807) is 4.90 Å². The molecule has 3 heterocycles. The Morgan fingerprint density at radius 3 is 2.96 bits per heavy atom. The van der Waals surface area contributed by atoms with E-state index in [2.05, 4.69) is 20.3 Å². The second-order valence-electron chi connectivity index (χ2n) is 6.11. The van der Waals surface area contributed by atoms with Crippen molar-refractivity contribution in [3.63, 3.8) is 0 Å². The van der Waals surface area contributed by atoms with E-state index in [1.807, 2.05) is 4.90 Å². The lowest BCUT2D eigenvalue weighted by Crippen LogP contribution is -2.36. The van der Waals surface area contributed by atoms with Crippen molar-refractivity contribution in [1.29, 1.82) is 5.53 Å². The molecule has 138 valence electrons. The molecular formula is C14H19N8O2S2+. The summed E-state index contributed by atoms with van der Waals surface area (Å²) in [5.74, 6) is -0.418. The second-order valence-corrected chi connectivity index (χ2v) is 7.61. The third kappa shape index (κ3) is 4.03. The zero-order valence-electron chi connectivity index (χ0n) is 14.0. The lowest BCUT2D eigenvalue weighted by Gasteiger charge is -2.24. The number of hydrogen-bond acceptors (Lipinski definition) is 7. The summed E-state index contributed by atoms with van der Waals surface area (Å²) < 4.78 is 0. The van der Waals surface area contributed by atoms with Gasteiger partial charge in [-0.3, -0.25) is 9.59 Å².